The molecule has 6 aromatic rings. The number of anilines is 6. The molecule has 1 aliphatic carbocycles. The molecule has 0 radical (unpaired) electrons. The molecule has 0 aromatic heterocycles. The average Bonchev–Trinajstić information content (AvgIpc) is 3.75. The van der Waals surface area contributed by atoms with Crippen LogP contribution < -0.4 is 19.6 Å². The number of nitrogens with zero attached hydrogens (tertiary/aromatic N) is 6. The summed E-state index contributed by atoms with van der Waals surface area (Å²) in [5.74, 6) is 1.89. The van der Waals surface area contributed by atoms with Crippen molar-refractivity contribution in [3.63, 3.8) is 0 Å². The number of benzene rings is 6. The van der Waals surface area contributed by atoms with E-state index in [-0.39, 0.29) is 16.5 Å². The van der Waals surface area contributed by atoms with Gasteiger partial charge in [-0.05, 0) is 111 Å². The number of hydrogen-bond acceptors (Lipinski definition) is 6. The van der Waals surface area contributed by atoms with Crippen LogP contribution in [0.5, 0.6) is 0 Å². The predicted molar refractivity (Wildman–Crippen MR) is 219 cm³/mol. The van der Waals surface area contributed by atoms with Gasteiger partial charge in [-0.15, -0.1) is 0 Å². The van der Waals surface area contributed by atoms with Crippen molar-refractivity contribution >= 4 is 57.4 Å². The molecule has 0 saturated carbocycles. The molecule has 0 spiro atoms. The molecule has 0 fully saturated rings. The molecule has 0 saturated heterocycles. The van der Waals surface area contributed by atoms with Crippen molar-refractivity contribution < 1.29 is 0 Å². The van der Waals surface area contributed by atoms with Crippen LogP contribution in [-0.2, 0) is 16.5 Å². The molecule has 258 valence electrons. The summed E-state index contributed by atoms with van der Waals surface area (Å²) >= 11 is 0. The van der Waals surface area contributed by atoms with E-state index in [1.165, 1.54) is 44.8 Å². The van der Waals surface area contributed by atoms with E-state index in [0.29, 0.717) is 0 Å². The van der Waals surface area contributed by atoms with Gasteiger partial charge in [0.15, 0.2) is 0 Å². The fourth-order valence-electron chi connectivity index (χ4n) is 9.75. The fraction of sp³-hybridized carbons (Fsp3) is 0.191. The van der Waals surface area contributed by atoms with Crippen molar-refractivity contribution in [2.24, 2.45) is 9.98 Å². The monoisotopic (exact) mass is 688 g/mol. The van der Waals surface area contributed by atoms with E-state index in [9.17, 15) is 0 Å². The summed E-state index contributed by atoms with van der Waals surface area (Å²) in [6.07, 6.45) is 0. The Balaban J connectivity index is 1.03. The maximum atomic E-state index is 5.32. The first-order valence-corrected chi connectivity index (χ1v) is 18.6. The van der Waals surface area contributed by atoms with Gasteiger partial charge in [0.25, 0.3) is 0 Å². The molecular weight excluding hydrogens is 649 g/mol. The lowest BCUT2D eigenvalue weighted by atomic mass is 9.82. The number of hydrogen-bond donors (Lipinski definition) is 0. The summed E-state index contributed by atoms with van der Waals surface area (Å²) in [4.78, 5) is 20.2. The Bertz CT molecular complexity index is 2460. The van der Waals surface area contributed by atoms with Crippen LogP contribution in [0.2, 0.25) is 0 Å². The van der Waals surface area contributed by atoms with Crippen molar-refractivity contribution in [2.75, 3.05) is 19.6 Å². The quantitative estimate of drug-likeness (QED) is 0.181. The molecule has 6 aromatic carbocycles. The van der Waals surface area contributed by atoms with Gasteiger partial charge in [-0.1, -0.05) is 86.6 Å². The summed E-state index contributed by atoms with van der Waals surface area (Å²) in [5, 5.41) is 0. The zero-order chi connectivity index (χ0) is 36.0. The topological polar surface area (TPSA) is 37.7 Å². The molecule has 5 aliphatic rings. The van der Waals surface area contributed by atoms with Gasteiger partial charge in [-0.2, -0.15) is 0 Å². The number of guanidine groups is 2. The van der Waals surface area contributed by atoms with Gasteiger partial charge in [0.05, 0.1) is 45.2 Å². The van der Waals surface area contributed by atoms with Crippen molar-refractivity contribution in [3.8, 4) is 11.1 Å². The van der Waals surface area contributed by atoms with E-state index in [1.54, 1.807) is 0 Å². The summed E-state index contributed by atoms with van der Waals surface area (Å²) < 4.78 is 0. The van der Waals surface area contributed by atoms with E-state index in [0.717, 1.165) is 46.0 Å². The molecule has 53 heavy (non-hydrogen) atoms. The Morgan fingerprint density at radius 3 is 1.21 bits per heavy atom. The van der Waals surface area contributed by atoms with Gasteiger partial charge < -0.3 is 0 Å². The Kier molecular flexibility index (Phi) is 5.78. The Morgan fingerprint density at radius 1 is 0.396 bits per heavy atom. The van der Waals surface area contributed by atoms with E-state index in [4.69, 9.17) is 9.98 Å². The van der Waals surface area contributed by atoms with Crippen LogP contribution in [0.3, 0.4) is 0 Å². The summed E-state index contributed by atoms with van der Waals surface area (Å²) in [7, 11) is 0. The van der Waals surface area contributed by atoms with E-state index in [2.05, 4.69) is 195 Å². The first-order chi connectivity index (χ1) is 25.6. The van der Waals surface area contributed by atoms with Crippen molar-refractivity contribution in [1.82, 2.24) is 0 Å². The first-order valence-electron chi connectivity index (χ1n) is 18.6. The molecular formula is C47H40N6. The summed E-state index contributed by atoms with van der Waals surface area (Å²) in [5.41, 5.74) is 15.8. The third-order valence-corrected chi connectivity index (χ3v) is 12.4. The molecule has 6 nitrogen and oxygen atoms in total. The van der Waals surface area contributed by atoms with Crippen LogP contribution in [0, 0.1) is 0 Å². The smallest absolute Gasteiger partial charge is 0.216 e. The van der Waals surface area contributed by atoms with Crippen LogP contribution in [0.25, 0.3) is 11.1 Å². The van der Waals surface area contributed by atoms with Crippen molar-refractivity contribution in [1.29, 1.82) is 0 Å². The van der Waals surface area contributed by atoms with Crippen molar-refractivity contribution in [2.45, 2.75) is 58.0 Å². The standard InChI is InChI=1S/C47H40N6/c1-45(2)35-27-29(50-39-19-11-13-21-41(39)52-43(50)48-37-17-9-7-15-33(37)46(52,3)4)23-25-31(35)32-26-24-30(28-36(32)45)51-40-20-12-14-22-42(40)53-44(51)49-38-18-10-8-16-34(38)47(53,5)6/h7-28H,1-6H3. The maximum absolute atomic E-state index is 5.32. The number of aliphatic imine (C=N–C) groups is 2. The molecule has 0 bridgehead atoms. The van der Waals surface area contributed by atoms with Crippen LogP contribution in [-0.4, -0.2) is 11.9 Å². The van der Waals surface area contributed by atoms with Gasteiger partial charge in [-0.3, -0.25) is 19.6 Å². The molecule has 6 heteroatoms. The molecule has 0 atom stereocenters. The second-order valence-corrected chi connectivity index (χ2v) is 16.4. The Hall–Kier alpha value is -6.14. The van der Waals surface area contributed by atoms with E-state index >= 15 is 0 Å². The minimum atomic E-state index is -0.273. The second-order valence-electron chi connectivity index (χ2n) is 16.4. The summed E-state index contributed by atoms with van der Waals surface area (Å²) in [6, 6.07) is 48.5. The number of fused-ring (bicyclic) bond motifs is 11. The lowest BCUT2D eigenvalue weighted by Gasteiger charge is -2.42. The average molecular weight is 689 g/mol. The summed E-state index contributed by atoms with van der Waals surface area (Å²) in [6.45, 7) is 14.0. The normalized spacial score (nSPS) is 18.5. The Labute approximate surface area is 311 Å². The highest BCUT2D eigenvalue weighted by Gasteiger charge is 2.48. The van der Waals surface area contributed by atoms with Crippen LogP contribution in [0.15, 0.2) is 143 Å². The minimum absolute atomic E-state index is 0.241. The van der Waals surface area contributed by atoms with Crippen LogP contribution in [0.4, 0.5) is 45.5 Å². The maximum Gasteiger partial charge on any atom is 0.216 e. The number of para-hydroxylation sites is 6. The molecule has 0 amide bonds. The zero-order valence-electron chi connectivity index (χ0n) is 30.9. The fourth-order valence-corrected chi connectivity index (χ4v) is 9.75. The van der Waals surface area contributed by atoms with Crippen molar-refractivity contribution in [3.05, 3.63) is 156 Å². The second kappa shape index (κ2) is 10.0. The third-order valence-electron chi connectivity index (χ3n) is 12.4. The van der Waals surface area contributed by atoms with Gasteiger partial charge >= 0.3 is 0 Å². The molecule has 11 rings (SSSR count). The van der Waals surface area contributed by atoms with Crippen LogP contribution in [0.1, 0.15) is 63.8 Å². The van der Waals surface area contributed by atoms with Gasteiger partial charge in [-0.25, -0.2) is 9.98 Å². The van der Waals surface area contributed by atoms with Gasteiger partial charge in [0.2, 0.25) is 11.9 Å². The lowest BCUT2D eigenvalue weighted by molar-refractivity contribution is 0.543. The first kappa shape index (κ1) is 30.5. The highest BCUT2D eigenvalue weighted by atomic mass is 15.5. The SMILES string of the molecule is CC1(C)c2cc(N3C4=Nc5ccccc5C(C)(C)N4c4ccccc43)ccc2-c2ccc(N3C4=Nc5ccccc5C(C)(C)N4c4ccccc43)cc21. The van der Waals surface area contributed by atoms with Crippen LogP contribution >= 0.6 is 0 Å². The largest absolute Gasteiger partial charge is 0.300 e. The third kappa shape index (κ3) is 3.83. The predicted octanol–water partition coefficient (Wildman–Crippen LogP) is 11.8. The van der Waals surface area contributed by atoms with E-state index < -0.39 is 0 Å². The molecule has 0 unspecified atom stereocenters. The molecule has 4 aliphatic heterocycles. The Morgan fingerprint density at radius 2 is 0.774 bits per heavy atom. The zero-order valence-corrected chi connectivity index (χ0v) is 30.9. The lowest BCUT2D eigenvalue weighted by Crippen LogP contribution is -2.49. The number of rotatable bonds is 2. The van der Waals surface area contributed by atoms with E-state index in [1.807, 2.05) is 0 Å². The molecule has 4 heterocycles. The highest BCUT2D eigenvalue weighted by Crippen LogP contribution is 2.57. The van der Waals surface area contributed by atoms with Gasteiger partial charge in [0.1, 0.15) is 0 Å². The molecule has 0 N–H and O–H groups in total. The van der Waals surface area contributed by atoms with Gasteiger partial charge in [0, 0.05) is 27.9 Å². The minimum Gasteiger partial charge on any atom is -0.300 e. The highest BCUT2D eigenvalue weighted by molar-refractivity contribution is 6.23.